The van der Waals surface area contributed by atoms with Crippen LogP contribution in [0.4, 0.5) is 10.8 Å². The van der Waals surface area contributed by atoms with Crippen molar-refractivity contribution < 1.29 is 4.79 Å². The summed E-state index contributed by atoms with van der Waals surface area (Å²) < 4.78 is 0. The van der Waals surface area contributed by atoms with E-state index in [-0.39, 0.29) is 5.91 Å². The van der Waals surface area contributed by atoms with Crippen molar-refractivity contribution in [2.24, 2.45) is 0 Å². The third kappa shape index (κ3) is 3.12. The first kappa shape index (κ1) is 13.5. The Bertz CT molecular complexity index is 604. The second-order valence-corrected chi connectivity index (χ2v) is 5.64. The molecule has 1 aromatic carbocycles. The number of aromatic nitrogens is 1. The standard InChI is InChI=1S/C14H17N3OS/c1-8(2)12-7-19-14(16-12)17-13(18)10-6-9(3)4-5-11(10)15/h4-8H,15H2,1-3H3,(H,16,17,18). The maximum Gasteiger partial charge on any atom is 0.259 e. The Labute approximate surface area is 116 Å². The number of nitrogens with zero attached hydrogens (tertiary/aromatic N) is 1. The van der Waals surface area contributed by atoms with Crippen LogP contribution in [0.2, 0.25) is 0 Å². The van der Waals surface area contributed by atoms with Crippen molar-refractivity contribution in [1.29, 1.82) is 0 Å². The van der Waals surface area contributed by atoms with Crippen molar-refractivity contribution in [3.8, 4) is 0 Å². The molecule has 19 heavy (non-hydrogen) atoms. The molecule has 0 unspecified atom stereocenters. The van der Waals surface area contributed by atoms with Crippen LogP contribution in [0, 0.1) is 6.92 Å². The van der Waals surface area contributed by atoms with Gasteiger partial charge in [0.25, 0.3) is 5.91 Å². The maximum atomic E-state index is 12.1. The normalized spacial score (nSPS) is 10.7. The number of nitrogen functional groups attached to an aromatic ring is 1. The minimum Gasteiger partial charge on any atom is -0.398 e. The number of nitrogens with two attached hydrogens (primary N) is 1. The molecule has 0 saturated carbocycles. The summed E-state index contributed by atoms with van der Waals surface area (Å²) in [6.07, 6.45) is 0. The number of thiazole rings is 1. The third-order valence-electron chi connectivity index (χ3n) is 2.79. The van der Waals surface area contributed by atoms with E-state index in [4.69, 9.17) is 5.73 Å². The lowest BCUT2D eigenvalue weighted by atomic mass is 10.1. The van der Waals surface area contributed by atoms with Gasteiger partial charge in [-0.15, -0.1) is 11.3 Å². The molecule has 5 heteroatoms. The van der Waals surface area contributed by atoms with Gasteiger partial charge in [0.05, 0.1) is 11.3 Å². The lowest BCUT2D eigenvalue weighted by Crippen LogP contribution is -2.14. The van der Waals surface area contributed by atoms with E-state index in [1.54, 1.807) is 12.1 Å². The first-order valence-corrected chi connectivity index (χ1v) is 6.98. The Hall–Kier alpha value is -1.88. The molecule has 0 atom stereocenters. The molecule has 2 aromatic rings. The molecule has 0 aliphatic heterocycles. The molecule has 0 spiro atoms. The molecule has 4 nitrogen and oxygen atoms in total. The highest BCUT2D eigenvalue weighted by Crippen LogP contribution is 2.23. The molecular formula is C14H17N3OS. The predicted octanol–water partition coefficient (Wildman–Crippen LogP) is 3.41. The second-order valence-electron chi connectivity index (χ2n) is 4.78. The quantitative estimate of drug-likeness (QED) is 0.843. The highest BCUT2D eigenvalue weighted by Gasteiger charge is 2.13. The van der Waals surface area contributed by atoms with Gasteiger partial charge in [0.2, 0.25) is 0 Å². The number of benzene rings is 1. The van der Waals surface area contributed by atoms with Crippen LogP contribution in [0.3, 0.4) is 0 Å². The Kier molecular flexibility index (Phi) is 3.85. The zero-order chi connectivity index (χ0) is 14.0. The highest BCUT2D eigenvalue weighted by atomic mass is 32.1. The van der Waals surface area contributed by atoms with Crippen LogP contribution >= 0.6 is 11.3 Å². The van der Waals surface area contributed by atoms with Crippen molar-refractivity contribution in [1.82, 2.24) is 4.98 Å². The summed E-state index contributed by atoms with van der Waals surface area (Å²) in [5, 5.41) is 5.35. The van der Waals surface area contributed by atoms with Crippen LogP contribution in [0.25, 0.3) is 0 Å². The summed E-state index contributed by atoms with van der Waals surface area (Å²) in [4.78, 5) is 16.5. The zero-order valence-electron chi connectivity index (χ0n) is 11.2. The van der Waals surface area contributed by atoms with Gasteiger partial charge in [-0.3, -0.25) is 10.1 Å². The second kappa shape index (κ2) is 5.40. The summed E-state index contributed by atoms with van der Waals surface area (Å²) in [6.45, 7) is 6.06. The van der Waals surface area contributed by atoms with Gasteiger partial charge in [0.15, 0.2) is 5.13 Å². The van der Waals surface area contributed by atoms with Crippen LogP contribution in [-0.2, 0) is 0 Å². The van der Waals surface area contributed by atoms with Gasteiger partial charge in [-0.05, 0) is 25.0 Å². The van der Waals surface area contributed by atoms with Crippen molar-refractivity contribution in [2.45, 2.75) is 26.7 Å². The number of nitrogens with one attached hydrogen (secondary N) is 1. The molecule has 0 radical (unpaired) electrons. The van der Waals surface area contributed by atoms with Crippen LogP contribution in [-0.4, -0.2) is 10.9 Å². The summed E-state index contributed by atoms with van der Waals surface area (Å²) >= 11 is 1.43. The van der Waals surface area contributed by atoms with Gasteiger partial charge in [0, 0.05) is 11.1 Å². The van der Waals surface area contributed by atoms with Crippen LogP contribution in [0.15, 0.2) is 23.6 Å². The topological polar surface area (TPSA) is 68.0 Å². The molecule has 1 aromatic heterocycles. The molecule has 1 amide bonds. The Balaban J connectivity index is 2.18. The fourth-order valence-corrected chi connectivity index (χ4v) is 2.51. The third-order valence-corrected chi connectivity index (χ3v) is 3.56. The number of amides is 1. The van der Waals surface area contributed by atoms with Crippen molar-refractivity contribution in [3.05, 3.63) is 40.4 Å². The molecule has 1 heterocycles. The van der Waals surface area contributed by atoms with Gasteiger partial charge in [0.1, 0.15) is 0 Å². The van der Waals surface area contributed by atoms with Crippen LogP contribution in [0.1, 0.15) is 41.4 Å². The van der Waals surface area contributed by atoms with Crippen molar-refractivity contribution >= 4 is 28.1 Å². The van der Waals surface area contributed by atoms with E-state index in [2.05, 4.69) is 24.1 Å². The summed E-state index contributed by atoms with van der Waals surface area (Å²) in [5.41, 5.74) is 8.77. The molecule has 2 rings (SSSR count). The average molecular weight is 275 g/mol. The predicted molar refractivity (Wildman–Crippen MR) is 79.7 cm³/mol. The van der Waals surface area contributed by atoms with E-state index >= 15 is 0 Å². The first-order chi connectivity index (χ1) is 8.97. The largest absolute Gasteiger partial charge is 0.398 e. The number of rotatable bonds is 3. The fourth-order valence-electron chi connectivity index (χ4n) is 1.64. The minimum absolute atomic E-state index is 0.217. The minimum atomic E-state index is -0.217. The van der Waals surface area contributed by atoms with Crippen LogP contribution < -0.4 is 11.1 Å². The molecule has 0 fully saturated rings. The number of hydrogen-bond acceptors (Lipinski definition) is 4. The molecule has 3 N–H and O–H groups in total. The lowest BCUT2D eigenvalue weighted by molar-refractivity contribution is 0.102. The zero-order valence-corrected chi connectivity index (χ0v) is 12.0. The average Bonchev–Trinajstić information content (AvgIpc) is 2.80. The molecular weight excluding hydrogens is 258 g/mol. The van der Waals surface area contributed by atoms with Gasteiger partial charge in [-0.2, -0.15) is 0 Å². The summed E-state index contributed by atoms with van der Waals surface area (Å²) in [5.74, 6) is 0.136. The smallest absolute Gasteiger partial charge is 0.259 e. The fraction of sp³-hybridized carbons (Fsp3) is 0.286. The molecule has 0 bridgehead atoms. The van der Waals surface area contributed by atoms with Crippen molar-refractivity contribution in [3.63, 3.8) is 0 Å². The lowest BCUT2D eigenvalue weighted by Gasteiger charge is -2.06. The first-order valence-electron chi connectivity index (χ1n) is 6.10. The molecule has 0 aliphatic rings. The monoisotopic (exact) mass is 275 g/mol. The number of hydrogen-bond donors (Lipinski definition) is 2. The van der Waals surface area contributed by atoms with E-state index in [1.165, 1.54) is 11.3 Å². The molecule has 0 saturated heterocycles. The maximum absolute atomic E-state index is 12.1. The van der Waals surface area contributed by atoms with E-state index in [0.29, 0.717) is 22.3 Å². The van der Waals surface area contributed by atoms with E-state index in [1.807, 2.05) is 18.4 Å². The Morgan fingerprint density at radius 3 is 2.79 bits per heavy atom. The van der Waals surface area contributed by atoms with E-state index in [0.717, 1.165) is 11.3 Å². The number of carbonyl (C=O) groups excluding carboxylic acids is 1. The Morgan fingerprint density at radius 2 is 2.16 bits per heavy atom. The highest BCUT2D eigenvalue weighted by molar-refractivity contribution is 7.14. The number of carbonyl (C=O) groups is 1. The molecule has 0 aliphatic carbocycles. The van der Waals surface area contributed by atoms with Crippen LogP contribution in [0.5, 0.6) is 0 Å². The van der Waals surface area contributed by atoms with Gasteiger partial charge in [-0.25, -0.2) is 4.98 Å². The van der Waals surface area contributed by atoms with E-state index in [9.17, 15) is 4.79 Å². The van der Waals surface area contributed by atoms with Gasteiger partial charge >= 0.3 is 0 Å². The SMILES string of the molecule is Cc1ccc(N)c(C(=O)Nc2nc(C(C)C)cs2)c1. The van der Waals surface area contributed by atoms with Gasteiger partial charge < -0.3 is 5.73 Å². The van der Waals surface area contributed by atoms with E-state index < -0.39 is 0 Å². The Morgan fingerprint density at radius 1 is 1.42 bits per heavy atom. The van der Waals surface area contributed by atoms with Gasteiger partial charge in [-0.1, -0.05) is 25.5 Å². The number of anilines is 2. The summed E-state index contributed by atoms with van der Waals surface area (Å²) in [7, 11) is 0. The number of aryl methyl sites for hydroxylation is 1. The summed E-state index contributed by atoms with van der Waals surface area (Å²) in [6, 6.07) is 5.40. The van der Waals surface area contributed by atoms with Crippen molar-refractivity contribution in [2.75, 3.05) is 11.1 Å². The molecule has 100 valence electrons.